The lowest BCUT2D eigenvalue weighted by Crippen LogP contribution is -2.26. The lowest BCUT2D eigenvalue weighted by atomic mass is 10.2. The average molecular weight is 240 g/mol. The second-order valence-electron chi connectivity index (χ2n) is 4.30. The molecule has 0 bridgehead atoms. The third-order valence-electron chi connectivity index (χ3n) is 2.83. The van der Waals surface area contributed by atoms with Gasteiger partial charge in [-0.15, -0.1) is 0 Å². The summed E-state index contributed by atoms with van der Waals surface area (Å²) >= 11 is 0. The molecule has 1 aromatic heterocycles. The van der Waals surface area contributed by atoms with Gasteiger partial charge in [0.05, 0.1) is 11.4 Å². The minimum Gasteiger partial charge on any atom is -0.268 e. The predicted molar refractivity (Wildman–Crippen MR) is 74.7 cm³/mol. The maximum absolute atomic E-state index is 4.59. The van der Waals surface area contributed by atoms with Crippen LogP contribution in [0.3, 0.4) is 0 Å². The van der Waals surface area contributed by atoms with Crippen molar-refractivity contribution in [2.45, 2.75) is 6.92 Å². The Labute approximate surface area is 108 Å². The van der Waals surface area contributed by atoms with Gasteiger partial charge >= 0.3 is 0 Å². The van der Waals surface area contributed by atoms with Gasteiger partial charge in [0.25, 0.3) is 0 Å². The van der Waals surface area contributed by atoms with E-state index >= 15 is 0 Å². The Hall–Kier alpha value is -2.16. The highest BCUT2D eigenvalue weighted by Gasteiger charge is 2.02. The Morgan fingerprint density at radius 3 is 2.28 bits per heavy atom. The zero-order valence-corrected chi connectivity index (χ0v) is 11.0. The first kappa shape index (κ1) is 12.3. The third-order valence-corrected chi connectivity index (χ3v) is 2.83. The number of pyridine rings is 1. The number of hydrogen-bond acceptors (Lipinski definition) is 2. The van der Waals surface area contributed by atoms with Crippen LogP contribution >= 0.6 is 0 Å². The van der Waals surface area contributed by atoms with Crippen molar-refractivity contribution in [2.24, 2.45) is 12.1 Å². The number of rotatable bonds is 3. The number of nitrogens with zero attached hydrogens (tertiary/aromatic N) is 3. The molecule has 0 saturated heterocycles. The highest BCUT2D eigenvalue weighted by atomic mass is 15.4. The first-order valence-electron chi connectivity index (χ1n) is 5.96. The number of hydrazone groups is 1. The normalized spacial score (nSPS) is 11.4. The van der Waals surface area contributed by atoms with E-state index in [1.807, 2.05) is 73.3 Å². The van der Waals surface area contributed by atoms with Crippen LogP contribution in [0.1, 0.15) is 12.5 Å². The van der Waals surface area contributed by atoms with Gasteiger partial charge in [0.2, 0.25) is 0 Å². The maximum Gasteiger partial charge on any atom is 0.169 e. The molecule has 2 aromatic rings. The van der Waals surface area contributed by atoms with Gasteiger partial charge in [-0.25, -0.2) is 4.57 Å². The third kappa shape index (κ3) is 2.94. The van der Waals surface area contributed by atoms with Gasteiger partial charge in [-0.05, 0) is 19.1 Å². The van der Waals surface area contributed by atoms with Crippen molar-refractivity contribution in [3.63, 3.8) is 0 Å². The molecule has 0 saturated carbocycles. The second kappa shape index (κ2) is 5.45. The number of para-hydroxylation sites is 1. The van der Waals surface area contributed by atoms with Crippen LogP contribution in [0.2, 0.25) is 0 Å². The lowest BCUT2D eigenvalue weighted by Gasteiger charge is -2.14. The lowest BCUT2D eigenvalue weighted by molar-refractivity contribution is -0.671. The number of aryl methyl sites for hydroxylation is 1. The Kier molecular flexibility index (Phi) is 3.72. The molecule has 1 aromatic carbocycles. The van der Waals surface area contributed by atoms with Gasteiger partial charge < -0.3 is 0 Å². The maximum atomic E-state index is 4.59. The van der Waals surface area contributed by atoms with Crippen LogP contribution in [0.4, 0.5) is 5.69 Å². The van der Waals surface area contributed by atoms with Crippen LogP contribution in [-0.2, 0) is 7.05 Å². The summed E-state index contributed by atoms with van der Waals surface area (Å²) in [6, 6.07) is 14.3. The first-order valence-corrected chi connectivity index (χ1v) is 5.96. The van der Waals surface area contributed by atoms with Crippen molar-refractivity contribution in [3.05, 3.63) is 60.4 Å². The molecule has 0 radical (unpaired) electrons. The Bertz CT molecular complexity index is 529. The molecule has 3 heteroatoms. The monoisotopic (exact) mass is 240 g/mol. The molecule has 0 N–H and O–H groups in total. The minimum atomic E-state index is 1.00. The number of anilines is 1. The summed E-state index contributed by atoms with van der Waals surface area (Å²) in [4.78, 5) is 0. The van der Waals surface area contributed by atoms with Crippen LogP contribution in [0.25, 0.3) is 0 Å². The molecule has 0 aliphatic heterocycles. The smallest absolute Gasteiger partial charge is 0.169 e. The highest BCUT2D eigenvalue weighted by Crippen LogP contribution is 2.12. The Morgan fingerprint density at radius 2 is 1.67 bits per heavy atom. The fourth-order valence-corrected chi connectivity index (χ4v) is 1.73. The number of benzene rings is 1. The van der Waals surface area contributed by atoms with E-state index in [0.717, 1.165) is 17.0 Å². The van der Waals surface area contributed by atoms with E-state index in [2.05, 4.69) is 17.2 Å². The van der Waals surface area contributed by atoms with E-state index in [1.165, 1.54) is 0 Å². The molecule has 0 fully saturated rings. The van der Waals surface area contributed by atoms with E-state index in [1.54, 1.807) is 0 Å². The molecule has 0 aliphatic carbocycles. The highest BCUT2D eigenvalue weighted by molar-refractivity contribution is 5.98. The van der Waals surface area contributed by atoms with E-state index in [-0.39, 0.29) is 0 Å². The van der Waals surface area contributed by atoms with Crippen LogP contribution in [0, 0.1) is 0 Å². The summed E-state index contributed by atoms with van der Waals surface area (Å²) < 4.78 is 2.01. The topological polar surface area (TPSA) is 19.5 Å². The first-order chi connectivity index (χ1) is 8.66. The average Bonchev–Trinajstić information content (AvgIpc) is 2.40. The number of hydrogen-bond donors (Lipinski definition) is 0. The molecular weight excluding hydrogens is 222 g/mol. The Balaban J connectivity index is 2.20. The van der Waals surface area contributed by atoms with Crippen molar-refractivity contribution in [2.75, 3.05) is 12.1 Å². The SMILES string of the molecule is C/C(=N\N(C)c1ccccc1)c1cc[n+](C)cc1. The van der Waals surface area contributed by atoms with E-state index in [4.69, 9.17) is 0 Å². The molecule has 0 spiro atoms. The molecule has 1 heterocycles. The van der Waals surface area contributed by atoms with Crippen LogP contribution in [0.15, 0.2) is 60.0 Å². The van der Waals surface area contributed by atoms with Gasteiger partial charge in [-0.1, -0.05) is 18.2 Å². The summed E-state index contributed by atoms with van der Waals surface area (Å²) in [5.74, 6) is 0. The van der Waals surface area contributed by atoms with Crippen molar-refractivity contribution in [1.82, 2.24) is 0 Å². The summed E-state index contributed by atoms with van der Waals surface area (Å²) in [6.45, 7) is 2.02. The van der Waals surface area contributed by atoms with Crippen molar-refractivity contribution in [3.8, 4) is 0 Å². The molecule has 0 amide bonds. The summed E-state index contributed by atoms with van der Waals surface area (Å²) in [5, 5.41) is 6.48. The van der Waals surface area contributed by atoms with Crippen molar-refractivity contribution < 1.29 is 4.57 Å². The molecule has 0 atom stereocenters. The van der Waals surface area contributed by atoms with E-state index in [0.29, 0.717) is 0 Å². The van der Waals surface area contributed by atoms with Crippen LogP contribution < -0.4 is 9.58 Å². The van der Waals surface area contributed by atoms with Crippen LogP contribution in [-0.4, -0.2) is 12.8 Å². The fourth-order valence-electron chi connectivity index (χ4n) is 1.73. The molecule has 18 heavy (non-hydrogen) atoms. The summed E-state index contributed by atoms with van der Waals surface area (Å²) in [7, 11) is 3.97. The predicted octanol–water partition coefficient (Wildman–Crippen LogP) is 2.37. The second-order valence-corrected chi connectivity index (χ2v) is 4.30. The van der Waals surface area contributed by atoms with Crippen molar-refractivity contribution in [1.29, 1.82) is 0 Å². The molecule has 3 nitrogen and oxygen atoms in total. The van der Waals surface area contributed by atoms with E-state index < -0.39 is 0 Å². The van der Waals surface area contributed by atoms with Gasteiger partial charge in [0, 0.05) is 24.7 Å². The van der Waals surface area contributed by atoms with Gasteiger partial charge in [-0.2, -0.15) is 5.10 Å². The number of aromatic nitrogens is 1. The molecule has 0 unspecified atom stereocenters. The molecular formula is C15H18N3+. The minimum absolute atomic E-state index is 1.00. The quantitative estimate of drug-likeness (QED) is 0.458. The summed E-state index contributed by atoms with van der Waals surface area (Å²) in [6.07, 6.45) is 4.05. The van der Waals surface area contributed by atoms with Gasteiger partial charge in [0.1, 0.15) is 7.05 Å². The van der Waals surface area contributed by atoms with Crippen LogP contribution in [0.5, 0.6) is 0 Å². The Morgan fingerprint density at radius 1 is 1.06 bits per heavy atom. The molecule has 92 valence electrons. The zero-order chi connectivity index (χ0) is 13.0. The van der Waals surface area contributed by atoms with Gasteiger partial charge in [0.15, 0.2) is 12.4 Å². The molecule has 2 rings (SSSR count). The van der Waals surface area contributed by atoms with Gasteiger partial charge in [-0.3, -0.25) is 5.01 Å². The van der Waals surface area contributed by atoms with E-state index in [9.17, 15) is 0 Å². The standard InChI is InChI=1S/C15H18N3/c1-13(14-9-11-17(2)12-10-14)16-18(3)15-7-5-4-6-8-15/h4-12H,1-3H3/q+1. The largest absolute Gasteiger partial charge is 0.268 e. The fraction of sp³-hybridized carbons (Fsp3) is 0.200. The van der Waals surface area contributed by atoms with Crippen molar-refractivity contribution >= 4 is 11.4 Å². The summed E-state index contributed by atoms with van der Waals surface area (Å²) in [5.41, 5.74) is 3.22. The molecule has 0 aliphatic rings. The zero-order valence-electron chi connectivity index (χ0n) is 11.0.